The molecule has 2 atom stereocenters. The van der Waals surface area contributed by atoms with E-state index in [2.05, 4.69) is 50.5 Å². The van der Waals surface area contributed by atoms with Crippen LogP contribution in [0.25, 0.3) is 11.1 Å². The van der Waals surface area contributed by atoms with Gasteiger partial charge in [-0.3, -0.25) is 0 Å². The number of aliphatic hydroxyl groups excluding tert-OH is 2. The minimum atomic E-state index is -1.23. The van der Waals surface area contributed by atoms with Crippen molar-refractivity contribution in [1.29, 1.82) is 0 Å². The maximum Gasteiger partial charge on any atom is 0.407 e. The van der Waals surface area contributed by atoms with E-state index in [0.29, 0.717) is 10.0 Å². The van der Waals surface area contributed by atoms with Gasteiger partial charge in [0.05, 0.1) is 6.10 Å². The Kier molecular flexibility index (Phi) is 7.10. The maximum absolute atomic E-state index is 12.2. The second kappa shape index (κ2) is 10.0. The van der Waals surface area contributed by atoms with Crippen LogP contribution in [0.15, 0.2) is 65.3 Å². The van der Waals surface area contributed by atoms with Crippen molar-refractivity contribution >= 4 is 33.6 Å². The fourth-order valence-electron chi connectivity index (χ4n) is 3.98. The Hall–Kier alpha value is -2.45. The lowest BCUT2D eigenvalue weighted by atomic mass is 9.98. The Bertz CT molecular complexity index is 1080. The van der Waals surface area contributed by atoms with Gasteiger partial charge in [-0.25, -0.2) is 9.78 Å². The van der Waals surface area contributed by atoms with Crippen molar-refractivity contribution in [3.8, 4) is 11.1 Å². The van der Waals surface area contributed by atoms with Gasteiger partial charge in [0.1, 0.15) is 17.9 Å². The summed E-state index contributed by atoms with van der Waals surface area (Å²) in [5, 5.41) is 23.4. The van der Waals surface area contributed by atoms with Gasteiger partial charge in [-0.2, -0.15) is 0 Å². The third-order valence-corrected chi connectivity index (χ3v) is 6.32. The molecule has 32 heavy (non-hydrogen) atoms. The zero-order valence-electron chi connectivity index (χ0n) is 17.0. The van der Waals surface area contributed by atoms with E-state index in [0.717, 1.165) is 22.3 Å². The van der Waals surface area contributed by atoms with Crippen molar-refractivity contribution in [1.82, 2.24) is 10.3 Å². The molecule has 1 amide bonds. The summed E-state index contributed by atoms with van der Waals surface area (Å²) in [5.74, 6) is -0.0215. The summed E-state index contributed by atoms with van der Waals surface area (Å²) in [4.78, 5) is 16.2. The van der Waals surface area contributed by atoms with Gasteiger partial charge in [-0.05, 0) is 50.7 Å². The molecule has 2 unspecified atom stereocenters. The number of pyridine rings is 1. The highest BCUT2D eigenvalue weighted by Gasteiger charge is 2.29. The van der Waals surface area contributed by atoms with Gasteiger partial charge in [0.2, 0.25) is 0 Å². The average molecular weight is 518 g/mol. The highest BCUT2D eigenvalue weighted by Crippen LogP contribution is 2.44. The first-order chi connectivity index (χ1) is 15.5. The highest BCUT2D eigenvalue weighted by atomic mass is 79.9. The maximum atomic E-state index is 12.2. The predicted octanol–water partition coefficient (Wildman–Crippen LogP) is 4.82. The number of rotatable bonds is 7. The first-order valence-corrected chi connectivity index (χ1v) is 11.4. The fourth-order valence-corrected chi connectivity index (χ4v) is 4.55. The molecule has 3 N–H and O–H groups in total. The Morgan fingerprint density at radius 2 is 1.75 bits per heavy atom. The van der Waals surface area contributed by atoms with Gasteiger partial charge in [0.15, 0.2) is 0 Å². The second-order valence-corrected chi connectivity index (χ2v) is 8.86. The van der Waals surface area contributed by atoms with Crippen molar-refractivity contribution in [3.05, 3.63) is 87.1 Å². The van der Waals surface area contributed by atoms with E-state index in [1.807, 2.05) is 24.3 Å². The number of carbonyl (C=O) groups excluding carboxylic acids is 1. The molecule has 0 radical (unpaired) electrons. The van der Waals surface area contributed by atoms with Crippen LogP contribution >= 0.6 is 27.5 Å². The number of hydrogen-bond acceptors (Lipinski definition) is 5. The number of amides is 1. The minimum absolute atomic E-state index is 0.0215. The molecule has 0 spiro atoms. The van der Waals surface area contributed by atoms with Crippen LogP contribution in [0.5, 0.6) is 0 Å². The van der Waals surface area contributed by atoms with Crippen molar-refractivity contribution in [2.24, 2.45) is 0 Å². The normalized spacial score (nSPS) is 14.4. The summed E-state index contributed by atoms with van der Waals surface area (Å²) < 4.78 is 6.11. The standard InChI is InChI=1S/C24H22BrClN2O4/c25-14-11-19(23(26)28-12-14)22(30)21(29)9-10-27-24(31)32-13-20-17-7-3-1-5-15(17)16-6-2-4-8-18(16)20/h1-8,11-12,20-22,29-30H,9-10,13H2,(H,27,31). The first kappa shape index (κ1) is 22.7. The molecular weight excluding hydrogens is 496 g/mol. The minimum Gasteiger partial charge on any atom is -0.449 e. The Morgan fingerprint density at radius 3 is 2.41 bits per heavy atom. The fraction of sp³-hybridized carbons (Fsp3) is 0.250. The highest BCUT2D eigenvalue weighted by molar-refractivity contribution is 9.10. The first-order valence-electron chi connectivity index (χ1n) is 10.2. The van der Waals surface area contributed by atoms with E-state index in [1.54, 1.807) is 6.07 Å². The lowest BCUT2D eigenvalue weighted by Gasteiger charge is -2.19. The summed E-state index contributed by atoms with van der Waals surface area (Å²) in [6.45, 7) is 0.346. The number of benzene rings is 2. The Balaban J connectivity index is 1.29. The van der Waals surface area contributed by atoms with Crippen LogP contribution < -0.4 is 5.32 Å². The number of hydrogen-bond donors (Lipinski definition) is 3. The molecule has 4 rings (SSSR count). The van der Waals surface area contributed by atoms with Crippen LogP contribution in [0.3, 0.4) is 0 Å². The van der Waals surface area contributed by atoms with E-state index in [-0.39, 0.29) is 30.6 Å². The monoisotopic (exact) mass is 516 g/mol. The summed E-state index contributed by atoms with van der Waals surface area (Å²) >= 11 is 9.27. The second-order valence-electron chi connectivity index (χ2n) is 7.59. The van der Waals surface area contributed by atoms with Crippen LogP contribution in [0.4, 0.5) is 4.79 Å². The van der Waals surface area contributed by atoms with Gasteiger partial charge in [-0.15, -0.1) is 0 Å². The molecule has 166 valence electrons. The molecule has 1 aliphatic rings. The third kappa shape index (κ3) is 4.81. The zero-order valence-corrected chi connectivity index (χ0v) is 19.4. The quantitative estimate of drug-likeness (QED) is 0.391. The lowest BCUT2D eigenvalue weighted by molar-refractivity contribution is 0.0135. The number of aliphatic hydroxyl groups is 2. The number of halogens is 2. The van der Waals surface area contributed by atoms with Crippen LogP contribution in [0.2, 0.25) is 5.15 Å². The van der Waals surface area contributed by atoms with Gasteiger partial charge < -0.3 is 20.3 Å². The van der Waals surface area contributed by atoms with Gasteiger partial charge in [0.25, 0.3) is 0 Å². The van der Waals surface area contributed by atoms with Gasteiger partial charge in [-0.1, -0.05) is 60.1 Å². The predicted molar refractivity (Wildman–Crippen MR) is 126 cm³/mol. The van der Waals surface area contributed by atoms with E-state index in [1.165, 1.54) is 6.20 Å². The molecular formula is C24H22BrClN2O4. The van der Waals surface area contributed by atoms with Crippen LogP contribution in [-0.2, 0) is 4.74 Å². The topological polar surface area (TPSA) is 91.7 Å². The van der Waals surface area contributed by atoms with Crippen molar-refractivity contribution in [3.63, 3.8) is 0 Å². The number of nitrogens with one attached hydrogen (secondary N) is 1. The summed E-state index contributed by atoms with van der Waals surface area (Å²) in [6.07, 6.45) is -1.30. The molecule has 6 nitrogen and oxygen atoms in total. The smallest absolute Gasteiger partial charge is 0.407 e. The number of nitrogens with zero attached hydrogens (tertiary/aromatic N) is 1. The molecule has 3 aromatic rings. The summed E-state index contributed by atoms with van der Waals surface area (Å²) in [7, 11) is 0. The number of alkyl carbamates (subject to hydrolysis) is 1. The SMILES string of the molecule is O=C(NCCC(O)C(O)c1cc(Br)cnc1Cl)OCC1c2ccccc2-c2ccccc21. The molecule has 0 saturated heterocycles. The molecule has 1 aliphatic carbocycles. The van der Waals surface area contributed by atoms with E-state index < -0.39 is 18.3 Å². The molecule has 1 heterocycles. The molecule has 0 aliphatic heterocycles. The van der Waals surface area contributed by atoms with Crippen LogP contribution in [0, 0.1) is 0 Å². The molecule has 2 aromatic carbocycles. The molecule has 0 bridgehead atoms. The van der Waals surface area contributed by atoms with E-state index in [4.69, 9.17) is 16.3 Å². The van der Waals surface area contributed by atoms with Gasteiger partial charge in [0, 0.05) is 28.7 Å². The van der Waals surface area contributed by atoms with Crippen LogP contribution in [-0.4, -0.2) is 40.5 Å². The Morgan fingerprint density at radius 1 is 1.12 bits per heavy atom. The summed E-state index contributed by atoms with van der Waals surface area (Å²) in [6, 6.07) is 17.8. The molecule has 0 saturated carbocycles. The number of aromatic nitrogens is 1. The average Bonchev–Trinajstić information content (AvgIpc) is 3.12. The Labute approximate surface area is 199 Å². The van der Waals surface area contributed by atoms with Gasteiger partial charge >= 0.3 is 6.09 Å². The van der Waals surface area contributed by atoms with Crippen molar-refractivity contribution < 1.29 is 19.7 Å². The van der Waals surface area contributed by atoms with E-state index >= 15 is 0 Å². The van der Waals surface area contributed by atoms with Crippen LogP contribution in [0.1, 0.15) is 35.1 Å². The molecule has 8 heteroatoms. The lowest BCUT2D eigenvalue weighted by Crippen LogP contribution is -2.30. The molecule has 1 aromatic heterocycles. The molecule has 0 fully saturated rings. The van der Waals surface area contributed by atoms with E-state index in [9.17, 15) is 15.0 Å². The summed E-state index contributed by atoms with van der Waals surface area (Å²) in [5.41, 5.74) is 4.92. The largest absolute Gasteiger partial charge is 0.449 e. The van der Waals surface area contributed by atoms with Crippen molar-refractivity contribution in [2.45, 2.75) is 24.5 Å². The number of carbonyl (C=O) groups is 1. The number of fused-ring (bicyclic) bond motifs is 3. The third-order valence-electron chi connectivity index (χ3n) is 5.57. The van der Waals surface area contributed by atoms with Crippen molar-refractivity contribution in [2.75, 3.05) is 13.2 Å². The number of ether oxygens (including phenoxy) is 1. The zero-order chi connectivity index (χ0) is 22.7.